The normalized spacial score (nSPS) is 11.4. The Morgan fingerprint density at radius 2 is 1.84 bits per heavy atom. The summed E-state index contributed by atoms with van der Waals surface area (Å²) in [6, 6.07) is 14.2. The minimum absolute atomic E-state index is 0.0231. The maximum atomic E-state index is 12.9. The Labute approximate surface area is 254 Å². The number of aromatic nitrogens is 3. The monoisotopic (exact) mass is 603 g/mol. The smallest absolute Gasteiger partial charge is 0.413 e. The van der Waals surface area contributed by atoms with Crippen LogP contribution >= 0.6 is 0 Å². The van der Waals surface area contributed by atoms with Crippen molar-refractivity contribution < 1.29 is 28.9 Å². The molecule has 0 aliphatic rings. The number of nitrogens with one attached hydrogen (secondary N) is 1. The molecule has 4 aromatic rings. The average molecular weight is 604 g/mol. The van der Waals surface area contributed by atoms with Crippen molar-refractivity contribution in [1.29, 1.82) is 0 Å². The third-order valence-corrected chi connectivity index (χ3v) is 6.59. The summed E-state index contributed by atoms with van der Waals surface area (Å²) < 4.78 is 18.4. The van der Waals surface area contributed by atoms with E-state index in [9.17, 15) is 14.7 Å². The molecule has 0 radical (unpaired) electrons. The van der Waals surface area contributed by atoms with Gasteiger partial charge in [-0.15, -0.1) is 0 Å². The first-order chi connectivity index (χ1) is 21.2. The molecule has 13 heteroatoms. The summed E-state index contributed by atoms with van der Waals surface area (Å²) >= 11 is 0. The lowest BCUT2D eigenvalue weighted by atomic mass is 10.1. The van der Waals surface area contributed by atoms with E-state index in [0.717, 1.165) is 23.7 Å². The third-order valence-electron chi connectivity index (χ3n) is 6.59. The van der Waals surface area contributed by atoms with E-state index in [1.54, 1.807) is 38.1 Å². The van der Waals surface area contributed by atoms with E-state index in [0.29, 0.717) is 47.7 Å². The maximum absolute atomic E-state index is 12.9. The standard InChI is InChI=1S/C31H37N7O6/c1-4-42-19-25-35-27-28(38(25)20-31(2,3)41)23-10-7-8-11-24(23)34-29(27)36-30(40)43-18-21-13-15-22(16-14-21)44-26(39)12-6-5-9-17-33-37-32/h7-8,10-11,13-16,41H,4-6,9,12,17-20H2,1-3H3,(H,34,36,40). The van der Waals surface area contributed by atoms with Gasteiger partial charge in [-0.2, -0.15) is 0 Å². The Balaban J connectivity index is 1.43. The topological polar surface area (TPSA) is 174 Å². The lowest BCUT2D eigenvalue weighted by Crippen LogP contribution is -2.27. The predicted octanol–water partition coefficient (Wildman–Crippen LogP) is 6.42. The van der Waals surface area contributed by atoms with Crippen molar-refractivity contribution in [2.45, 2.75) is 71.8 Å². The Bertz CT molecular complexity index is 1640. The number of carbonyl (C=O) groups excluding carboxylic acids is 2. The van der Waals surface area contributed by atoms with Gasteiger partial charge in [0.1, 0.15) is 30.3 Å². The molecule has 44 heavy (non-hydrogen) atoms. The number of unbranched alkanes of at least 4 members (excludes halogenated alkanes) is 2. The van der Waals surface area contributed by atoms with Crippen LogP contribution in [0.5, 0.6) is 5.75 Å². The number of rotatable bonds is 15. The zero-order valence-corrected chi connectivity index (χ0v) is 25.2. The van der Waals surface area contributed by atoms with Gasteiger partial charge in [-0.1, -0.05) is 41.9 Å². The Morgan fingerprint density at radius 1 is 1.07 bits per heavy atom. The van der Waals surface area contributed by atoms with E-state index >= 15 is 0 Å². The molecule has 232 valence electrons. The Kier molecular flexibility index (Phi) is 11.1. The molecule has 0 saturated heterocycles. The van der Waals surface area contributed by atoms with Crippen molar-refractivity contribution >= 4 is 39.8 Å². The quantitative estimate of drug-likeness (QED) is 0.0391. The first-order valence-electron chi connectivity index (χ1n) is 14.5. The molecule has 0 aliphatic heterocycles. The van der Waals surface area contributed by atoms with Gasteiger partial charge in [0.25, 0.3) is 0 Å². The Morgan fingerprint density at radius 3 is 2.57 bits per heavy atom. The zero-order valence-electron chi connectivity index (χ0n) is 25.2. The number of carbonyl (C=O) groups is 2. The van der Waals surface area contributed by atoms with Crippen LogP contribution in [0.15, 0.2) is 53.6 Å². The van der Waals surface area contributed by atoms with E-state index in [1.807, 2.05) is 35.8 Å². The second-order valence-electron chi connectivity index (χ2n) is 10.8. The number of imidazole rings is 1. The fourth-order valence-electron chi connectivity index (χ4n) is 4.62. The highest BCUT2D eigenvalue weighted by atomic mass is 16.5. The van der Waals surface area contributed by atoms with Crippen LogP contribution in [0.1, 0.15) is 57.8 Å². The van der Waals surface area contributed by atoms with Gasteiger partial charge in [-0.3, -0.25) is 10.1 Å². The zero-order chi connectivity index (χ0) is 31.5. The molecule has 0 aliphatic carbocycles. The van der Waals surface area contributed by atoms with E-state index in [2.05, 4.69) is 20.3 Å². The van der Waals surface area contributed by atoms with E-state index in [4.69, 9.17) is 24.7 Å². The molecule has 0 fully saturated rings. The number of hydrogen-bond donors (Lipinski definition) is 2. The van der Waals surface area contributed by atoms with E-state index in [-0.39, 0.29) is 38.0 Å². The van der Waals surface area contributed by atoms with Gasteiger partial charge in [-0.05, 0) is 62.9 Å². The van der Waals surface area contributed by atoms with Gasteiger partial charge >= 0.3 is 12.1 Å². The number of azide groups is 1. The van der Waals surface area contributed by atoms with Crippen molar-refractivity contribution in [2.24, 2.45) is 5.11 Å². The predicted molar refractivity (Wildman–Crippen MR) is 165 cm³/mol. The van der Waals surface area contributed by atoms with Crippen LogP contribution in [0.4, 0.5) is 10.6 Å². The SMILES string of the molecule is CCOCc1nc2c(NC(=O)OCc3ccc(OC(=O)CCCCCN=[N+]=[N-])cc3)nc3ccccc3c2n1CC(C)(C)O. The molecule has 2 N–H and O–H groups in total. The number of benzene rings is 2. The van der Waals surface area contributed by atoms with Gasteiger partial charge in [-0.25, -0.2) is 14.8 Å². The second kappa shape index (κ2) is 15.1. The second-order valence-corrected chi connectivity index (χ2v) is 10.8. The molecule has 0 spiro atoms. The number of amides is 1. The number of fused-ring (bicyclic) bond motifs is 3. The number of pyridine rings is 1. The largest absolute Gasteiger partial charge is 0.444 e. The van der Waals surface area contributed by atoms with Crippen LogP contribution in [0.2, 0.25) is 0 Å². The van der Waals surface area contributed by atoms with Crippen LogP contribution in [0.3, 0.4) is 0 Å². The van der Waals surface area contributed by atoms with E-state index < -0.39 is 11.7 Å². The van der Waals surface area contributed by atoms with Gasteiger partial charge in [0.15, 0.2) is 5.82 Å². The highest BCUT2D eigenvalue weighted by Crippen LogP contribution is 2.31. The van der Waals surface area contributed by atoms with Gasteiger partial charge < -0.3 is 23.9 Å². The van der Waals surface area contributed by atoms with Crippen molar-refractivity contribution in [3.05, 3.63) is 70.4 Å². The molecule has 0 unspecified atom stereocenters. The number of anilines is 1. The van der Waals surface area contributed by atoms with E-state index in [1.165, 1.54) is 0 Å². The van der Waals surface area contributed by atoms with Crippen molar-refractivity contribution in [2.75, 3.05) is 18.5 Å². The van der Waals surface area contributed by atoms with Crippen LogP contribution in [0, 0.1) is 0 Å². The summed E-state index contributed by atoms with van der Waals surface area (Å²) in [5, 5.41) is 17.7. The summed E-state index contributed by atoms with van der Waals surface area (Å²) in [6.07, 6.45) is 1.69. The summed E-state index contributed by atoms with van der Waals surface area (Å²) in [5.74, 6) is 0.881. The first-order valence-corrected chi connectivity index (χ1v) is 14.5. The molecule has 4 rings (SSSR count). The fourth-order valence-corrected chi connectivity index (χ4v) is 4.62. The first kappa shape index (κ1) is 32.2. The number of esters is 1. The molecule has 13 nitrogen and oxygen atoms in total. The molecule has 0 atom stereocenters. The summed E-state index contributed by atoms with van der Waals surface area (Å²) in [6.45, 7) is 6.70. The molecule has 2 heterocycles. The molecule has 1 amide bonds. The summed E-state index contributed by atoms with van der Waals surface area (Å²) in [4.78, 5) is 37.1. The molecular formula is C31H37N7O6. The van der Waals surface area contributed by atoms with Gasteiger partial charge in [0.05, 0.1) is 23.2 Å². The maximum Gasteiger partial charge on any atom is 0.413 e. The lowest BCUT2D eigenvalue weighted by molar-refractivity contribution is -0.134. The summed E-state index contributed by atoms with van der Waals surface area (Å²) in [7, 11) is 0. The Hall–Kier alpha value is -4.71. The molecular weight excluding hydrogens is 566 g/mol. The summed E-state index contributed by atoms with van der Waals surface area (Å²) in [5.41, 5.74) is 9.78. The van der Waals surface area contributed by atoms with Crippen molar-refractivity contribution in [1.82, 2.24) is 14.5 Å². The number of nitrogens with zero attached hydrogens (tertiary/aromatic N) is 6. The molecule has 2 aromatic heterocycles. The number of ether oxygens (including phenoxy) is 3. The minimum atomic E-state index is -1.03. The van der Waals surface area contributed by atoms with Crippen LogP contribution in [-0.4, -0.2) is 50.5 Å². The third kappa shape index (κ3) is 8.90. The van der Waals surface area contributed by atoms with Crippen molar-refractivity contribution in [3.8, 4) is 5.75 Å². The van der Waals surface area contributed by atoms with Crippen LogP contribution in [-0.2, 0) is 34.0 Å². The van der Waals surface area contributed by atoms with Gasteiger partial charge in [0.2, 0.25) is 0 Å². The number of para-hydroxylation sites is 1. The fraction of sp³-hybridized carbons (Fsp3) is 0.419. The minimum Gasteiger partial charge on any atom is -0.444 e. The molecule has 2 aromatic carbocycles. The molecule has 0 saturated carbocycles. The highest BCUT2D eigenvalue weighted by molar-refractivity contribution is 6.09. The average Bonchev–Trinajstić information content (AvgIpc) is 3.34. The number of hydrogen-bond acceptors (Lipinski definition) is 9. The highest BCUT2D eigenvalue weighted by Gasteiger charge is 2.24. The lowest BCUT2D eigenvalue weighted by Gasteiger charge is -2.20. The van der Waals surface area contributed by atoms with Crippen LogP contribution in [0.25, 0.3) is 32.4 Å². The van der Waals surface area contributed by atoms with Gasteiger partial charge in [0, 0.05) is 29.9 Å². The van der Waals surface area contributed by atoms with Crippen molar-refractivity contribution in [3.63, 3.8) is 0 Å². The van der Waals surface area contributed by atoms with Crippen LogP contribution < -0.4 is 10.1 Å². The number of aliphatic hydroxyl groups is 1. The molecule has 0 bridgehead atoms.